The zero-order chi connectivity index (χ0) is 23.9. The number of rotatable bonds is 2. The molecule has 2 aliphatic heterocycles. The smallest absolute Gasteiger partial charge is 0.319 e. The second kappa shape index (κ2) is 9.13. The van der Waals surface area contributed by atoms with Crippen LogP contribution >= 0.6 is 12.4 Å². The third-order valence-electron chi connectivity index (χ3n) is 12.3. The molecule has 0 aromatic heterocycles. The molecule has 6 heteroatoms. The molecule has 2 heterocycles. The SMILES string of the molecule is C[C@H]1CC[C@@]2(OC1)O[C@H]1CC3C4CC[C@@H]5C[C@H](OC(=O)CN)CC[C@]5(C)C4CC[C@]3(C)[C@H]1[C@@H]2C.Cl. The quantitative estimate of drug-likeness (QED) is 0.481. The lowest BCUT2D eigenvalue weighted by Gasteiger charge is -2.61. The molecule has 12 atom stereocenters. The first-order valence-electron chi connectivity index (χ1n) is 14.4. The van der Waals surface area contributed by atoms with E-state index in [1.165, 1.54) is 44.9 Å². The van der Waals surface area contributed by atoms with Gasteiger partial charge in [-0.15, -0.1) is 12.4 Å². The molecule has 0 radical (unpaired) electrons. The summed E-state index contributed by atoms with van der Waals surface area (Å²) in [7, 11) is 0. The fraction of sp³-hybridized carbons (Fsp3) is 0.966. The first-order valence-corrected chi connectivity index (χ1v) is 14.4. The van der Waals surface area contributed by atoms with Crippen LogP contribution in [0.4, 0.5) is 0 Å². The molecule has 0 aromatic rings. The van der Waals surface area contributed by atoms with Gasteiger partial charge in [0, 0.05) is 12.3 Å². The zero-order valence-corrected chi connectivity index (χ0v) is 23.1. The average molecular weight is 510 g/mol. The van der Waals surface area contributed by atoms with Crippen molar-refractivity contribution >= 4 is 18.4 Å². The summed E-state index contributed by atoms with van der Waals surface area (Å²) in [6.45, 7) is 10.8. The van der Waals surface area contributed by atoms with Gasteiger partial charge in [0.1, 0.15) is 6.10 Å². The van der Waals surface area contributed by atoms with Crippen LogP contribution in [0, 0.1) is 52.3 Å². The van der Waals surface area contributed by atoms with Gasteiger partial charge in [-0.3, -0.25) is 4.79 Å². The van der Waals surface area contributed by atoms with Gasteiger partial charge in [0.15, 0.2) is 5.79 Å². The molecule has 3 unspecified atom stereocenters. The lowest BCUT2D eigenvalue weighted by molar-refractivity contribution is -0.273. The Kier molecular flexibility index (Phi) is 6.85. The zero-order valence-electron chi connectivity index (χ0n) is 22.3. The topological polar surface area (TPSA) is 70.8 Å². The van der Waals surface area contributed by atoms with Crippen molar-refractivity contribution in [2.45, 2.75) is 110 Å². The van der Waals surface area contributed by atoms with E-state index in [9.17, 15) is 4.79 Å². The Bertz CT molecular complexity index is 815. The summed E-state index contributed by atoms with van der Waals surface area (Å²) in [5, 5.41) is 0. The fourth-order valence-corrected chi connectivity index (χ4v) is 10.6. The largest absolute Gasteiger partial charge is 0.461 e. The standard InChI is InChI=1S/C29H47NO4.ClH/c1-17-7-12-29(32-16-17)18(2)26-24(34-29)14-23-21-6-5-19-13-20(33-25(31)15-30)8-10-27(19,3)22(21)9-11-28(23,26)4;/h17-24,26H,5-16,30H2,1-4H3;1H/t17-,18-,19+,20+,21?,22?,23?,24-,26-,27-,28-,29+;/m0./s1. The maximum Gasteiger partial charge on any atom is 0.319 e. The molecule has 2 saturated heterocycles. The molecule has 2 N–H and O–H groups in total. The van der Waals surface area contributed by atoms with Crippen molar-refractivity contribution in [1.29, 1.82) is 0 Å². The molecule has 5 nitrogen and oxygen atoms in total. The molecule has 6 fully saturated rings. The van der Waals surface area contributed by atoms with E-state index in [0.29, 0.717) is 40.6 Å². The van der Waals surface area contributed by atoms with E-state index < -0.39 is 0 Å². The number of fused-ring (bicyclic) bond motifs is 7. The second-order valence-corrected chi connectivity index (χ2v) is 13.8. The normalized spacial score (nSPS) is 54.7. The number of nitrogens with two attached hydrogens (primary N) is 1. The third-order valence-corrected chi connectivity index (χ3v) is 12.3. The molecule has 6 rings (SSSR count). The Morgan fingerprint density at radius 1 is 0.971 bits per heavy atom. The molecule has 0 aromatic carbocycles. The molecule has 4 aliphatic carbocycles. The number of ether oxygens (including phenoxy) is 3. The average Bonchev–Trinajstić information content (AvgIpc) is 3.26. The summed E-state index contributed by atoms with van der Waals surface area (Å²) >= 11 is 0. The van der Waals surface area contributed by atoms with Crippen molar-refractivity contribution in [2.24, 2.45) is 58.0 Å². The molecular formula is C29H48ClNO4. The third kappa shape index (κ3) is 3.84. The number of esters is 1. The molecule has 0 bridgehead atoms. The Morgan fingerprint density at radius 2 is 1.74 bits per heavy atom. The predicted octanol–water partition coefficient (Wildman–Crippen LogP) is 5.73. The molecule has 0 amide bonds. The Morgan fingerprint density at radius 3 is 2.46 bits per heavy atom. The molecule has 200 valence electrons. The van der Waals surface area contributed by atoms with Crippen LogP contribution in [0.3, 0.4) is 0 Å². The van der Waals surface area contributed by atoms with Gasteiger partial charge in [0.05, 0.1) is 19.3 Å². The number of hydrogen-bond acceptors (Lipinski definition) is 5. The van der Waals surface area contributed by atoms with Crippen LogP contribution in [0.2, 0.25) is 0 Å². The van der Waals surface area contributed by atoms with E-state index in [0.717, 1.165) is 43.6 Å². The Labute approximate surface area is 218 Å². The number of halogens is 1. The van der Waals surface area contributed by atoms with E-state index in [4.69, 9.17) is 19.9 Å². The summed E-state index contributed by atoms with van der Waals surface area (Å²) in [5.74, 6) is 4.35. The van der Waals surface area contributed by atoms with Crippen molar-refractivity contribution in [3.63, 3.8) is 0 Å². The Balaban J connectivity index is 0.00000253. The maximum atomic E-state index is 11.8. The van der Waals surface area contributed by atoms with Crippen molar-refractivity contribution in [3.05, 3.63) is 0 Å². The van der Waals surface area contributed by atoms with Gasteiger partial charge in [0.25, 0.3) is 0 Å². The molecule has 6 aliphatic rings. The monoisotopic (exact) mass is 509 g/mol. The van der Waals surface area contributed by atoms with Crippen LogP contribution < -0.4 is 5.73 Å². The number of carbonyl (C=O) groups is 1. The van der Waals surface area contributed by atoms with Crippen molar-refractivity contribution < 1.29 is 19.0 Å². The van der Waals surface area contributed by atoms with E-state index in [-0.39, 0.29) is 36.8 Å². The van der Waals surface area contributed by atoms with Gasteiger partial charge < -0.3 is 19.9 Å². The van der Waals surface area contributed by atoms with Crippen LogP contribution in [0.25, 0.3) is 0 Å². The number of hydrogen-bond donors (Lipinski definition) is 1. The first-order chi connectivity index (χ1) is 16.2. The molecule has 35 heavy (non-hydrogen) atoms. The van der Waals surface area contributed by atoms with Gasteiger partial charge in [-0.1, -0.05) is 27.7 Å². The lowest BCUT2D eigenvalue weighted by Crippen LogP contribution is -2.55. The predicted molar refractivity (Wildman–Crippen MR) is 138 cm³/mol. The van der Waals surface area contributed by atoms with E-state index in [1.807, 2.05) is 0 Å². The van der Waals surface area contributed by atoms with Crippen molar-refractivity contribution in [2.75, 3.05) is 13.2 Å². The maximum absolute atomic E-state index is 11.8. The van der Waals surface area contributed by atoms with Crippen molar-refractivity contribution in [3.8, 4) is 0 Å². The van der Waals surface area contributed by atoms with Gasteiger partial charge in [-0.25, -0.2) is 0 Å². The van der Waals surface area contributed by atoms with Crippen LogP contribution in [0.5, 0.6) is 0 Å². The van der Waals surface area contributed by atoms with Gasteiger partial charge in [-0.05, 0) is 104 Å². The summed E-state index contributed by atoms with van der Waals surface area (Å²) < 4.78 is 19.1. The van der Waals surface area contributed by atoms with E-state index >= 15 is 0 Å². The lowest BCUT2D eigenvalue weighted by atomic mass is 9.44. The van der Waals surface area contributed by atoms with Crippen LogP contribution in [0.15, 0.2) is 0 Å². The fourth-order valence-electron chi connectivity index (χ4n) is 10.6. The highest BCUT2D eigenvalue weighted by Crippen LogP contribution is 2.71. The van der Waals surface area contributed by atoms with Gasteiger partial charge in [0.2, 0.25) is 0 Å². The summed E-state index contributed by atoms with van der Waals surface area (Å²) in [5.41, 5.74) is 6.28. The highest BCUT2D eigenvalue weighted by atomic mass is 35.5. The summed E-state index contributed by atoms with van der Waals surface area (Å²) in [6, 6.07) is 0. The first kappa shape index (κ1) is 26.3. The van der Waals surface area contributed by atoms with E-state index in [2.05, 4.69) is 27.7 Å². The van der Waals surface area contributed by atoms with Crippen molar-refractivity contribution in [1.82, 2.24) is 0 Å². The number of carbonyl (C=O) groups excluding carboxylic acids is 1. The highest BCUT2D eigenvalue weighted by molar-refractivity contribution is 5.85. The Hall–Kier alpha value is -0.360. The highest BCUT2D eigenvalue weighted by Gasteiger charge is 2.69. The minimum Gasteiger partial charge on any atom is -0.461 e. The minimum absolute atomic E-state index is 0. The van der Waals surface area contributed by atoms with Crippen LogP contribution in [-0.4, -0.2) is 37.1 Å². The van der Waals surface area contributed by atoms with Crippen LogP contribution in [-0.2, 0) is 19.0 Å². The summed E-state index contributed by atoms with van der Waals surface area (Å²) in [4.78, 5) is 11.8. The van der Waals surface area contributed by atoms with Gasteiger partial charge in [-0.2, -0.15) is 0 Å². The van der Waals surface area contributed by atoms with Gasteiger partial charge >= 0.3 is 5.97 Å². The molecule has 1 spiro atoms. The second-order valence-electron chi connectivity index (χ2n) is 13.8. The molecule has 4 saturated carbocycles. The minimum atomic E-state index is -0.310. The van der Waals surface area contributed by atoms with Crippen LogP contribution in [0.1, 0.15) is 91.9 Å². The molecular weight excluding hydrogens is 462 g/mol. The summed E-state index contributed by atoms with van der Waals surface area (Å²) in [6.07, 6.45) is 12.6. The van der Waals surface area contributed by atoms with E-state index in [1.54, 1.807) is 0 Å².